The normalized spacial score (nSPS) is 25.0. The van der Waals surface area contributed by atoms with Crippen LogP contribution in [0.4, 0.5) is 0 Å². The Labute approximate surface area is 134 Å². The van der Waals surface area contributed by atoms with Gasteiger partial charge >= 0.3 is 0 Å². The summed E-state index contributed by atoms with van der Waals surface area (Å²) >= 11 is 0. The van der Waals surface area contributed by atoms with Gasteiger partial charge in [-0.1, -0.05) is 6.42 Å². The van der Waals surface area contributed by atoms with E-state index in [0.29, 0.717) is 19.6 Å². The fourth-order valence-electron chi connectivity index (χ4n) is 3.30. The molecule has 7 heteroatoms. The second-order valence-electron chi connectivity index (χ2n) is 6.51. The lowest BCUT2D eigenvalue weighted by Gasteiger charge is -2.30. The van der Waals surface area contributed by atoms with Gasteiger partial charge in [0.15, 0.2) is 0 Å². The number of piperidine rings is 2. The fourth-order valence-corrected chi connectivity index (χ4v) is 4.21. The van der Waals surface area contributed by atoms with Gasteiger partial charge in [0.25, 0.3) is 0 Å². The van der Waals surface area contributed by atoms with E-state index in [1.807, 2.05) is 0 Å². The second-order valence-corrected chi connectivity index (χ2v) is 8.49. The maximum Gasteiger partial charge on any atom is 0.224 e. The topological polar surface area (TPSA) is 69.7 Å². The Kier molecular flexibility index (Phi) is 6.65. The van der Waals surface area contributed by atoms with Crippen molar-refractivity contribution in [1.82, 2.24) is 14.5 Å². The molecule has 2 aliphatic heterocycles. The molecule has 0 aromatic carbocycles. The average molecular weight is 331 g/mol. The molecule has 22 heavy (non-hydrogen) atoms. The summed E-state index contributed by atoms with van der Waals surface area (Å²) in [4.78, 5) is 14.6. The van der Waals surface area contributed by atoms with Crippen LogP contribution in [0.2, 0.25) is 0 Å². The second kappa shape index (κ2) is 8.26. The Morgan fingerprint density at radius 1 is 1.14 bits per heavy atom. The molecule has 2 aliphatic rings. The molecule has 0 aromatic rings. The van der Waals surface area contributed by atoms with Crippen LogP contribution in [0.5, 0.6) is 0 Å². The zero-order valence-corrected chi connectivity index (χ0v) is 14.4. The lowest BCUT2D eigenvalue weighted by atomic mass is 9.99. The molecule has 0 unspecified atom stereocenters. The number of amides is 1. The summed E-state index contributed by atoms with van der Waals surface area (Å²) in [6.07, 6.45) is 7.64. The number of nitrogens with zero attached hydrogens (tertiary/aromatic N) is 2. The van der Waals surface area contributed by atoms with Gasteiger partial charge in [0.05, 0.1) is 12.2 Å². The van der Waals surface area contributed by atoms with Gasteiger partial charge in [0.1, 0.15) is 0 Å². The van der Waals surface area contributed by atoms with E-state index in [9.17, 15) is 13.2 Å². The summed E-state index contributed by atoms with van der Waals surface area (Å²) in [6.45, 7) is 4.96. The molecule has 0 saturated carbocycles. The van der Waals surface area contributed by atoms with E-state index in [4.69, 9.17) is 0 Å². The van der Waals surface area contributed by atoms with Gasteiger partial charge in [-0.25, -0.2) is 12.7 Å². The summed E-state index contributed by atoms with van der Waals surface area (Å²) in [7, 11) is -3.19. The first-order valence-electron chi connectivity index (χ1n) is 8.42. The van der Waals surface area contributed by atoms with E-state index < -0.39 is 10.0 Å². The van der Waals surface area contributed by atoms with Crippen molar-refractivity contribution in [3.05, 3.63) is 0 Å². The van der Waals surface area contributed by atoms with Crippen molar-refractivity contribution in [1.29, 1.82) is 0 Å². The molecule has 2 saturated heterocycles. The zero-order valence-electron chi connectivity index (χ0n) is 13.6. The van der Waals surface area contributed by atoms with Crippen LogP contribution in [-0.4, -0.2) is 69.1 Å². The predicted octanol–water partition coefficient (Wildman–Crippen LogP) is 0.650. The molecule has 0 aliphatic carbocycles. The molecule has 0 aromatic heterocycles. The van der Waals surface area contributed by atoms with Crippen molar-refractivity contribution >= 4 is 15.9 Å². The van der Waals surface area contributed by atoms with Gasteiger partial charge in [-0.05, 0) is 51.7 Å². The maximum absolute atomic E-state index is 12.2. The number of hydrogen-bond donors (Lipinski definition) is 1. The van der Waals surface area contributed by atoms with Crippen LogP contribution < -0.4 is 5.32 Å². The number of rotatable bonds is 6. The minimum absolute atomic E-state index is 0.00648. The minimum atomic E-state index is -3.19. The van der Waals surface area contributed by atoms with Crippen molar-refractivity contribution < 1.29 is 13.2 Å². The van der Waals surface area contributed by atoms with Crippen molar-refractivity contribution in [3.63, 3.8) is 0 Å². The first-order chi connectivity index (χ1) is 10.5. The number of carbonyl (C=O) groups is 1. The maximum atomic E-state index is 12.2. The molecule has 128 valence electrons. The lowest BCUT2D eigenvalue weighted by molar-refractivity contribution is -0.126. The number of hydrogen-bond acceptors (Lipinski definition) is 4. The molecule has 1 atom stereocenters. The molecule has 2 fully saturated rings. The van der Waals surface area contributed by atoms with Gasteiger partial charge in [-0.2, -0.15) is 0 Å². The van der Waals surface area contributed by atoms with Crippen molar-refractivity contribution in [2.45, 2.75) is 38.5 Å². The first-order valence-corrected chi connectivity index (χ1v) is 10.3. The van der Waals surface area contributed by atoms with E-state index in [2.05, 4.69) is 10.2 Å². The Hall–Kier alpha value is -0.660. The molecule has 2 heterocycles. The van der Waals surface area contributed by atoms with E-state index >= 15 is 0 Å². The van der Waals surface area contributed by atoms with Crippen LogP contribution in [0, 0.1) is 5.92 Å². The highest BCUT2D eigenvalue weighted by Crippen LogP contribution is 2.18. The third kappa shape index (κ3) is 5.52. The van der Waals surface area contributed by atoms with Crippen LogP contribution >= 0.6 is 0 Å². The largest absolute Gasteiger partial charge is 0.356 e. The monoisotopic (exact) mass is 331 g/mol. The Bertz CT molecular complexity index is 461. The summed E-state index contributed by atoms with van der Waals surface area (Å²) < 4.78 is 24.6. The van der Waals surface area contributed by atoms with Gasteiger partial charge in [0, 0.05) is 19.6 Å². The SMILES string of the molecule is CS(=O)(=O)N1CCC[C@@H](C(=O)NCCCN2CCCCC2)C1. The third-order valence-electron chi connectivity index (χ3n) is 4.62. The molecule has 0 radical (unpaired) electrons. The molecule has 1 N–H and O–H groups in total. The highest BCUT2D eigenvalue weighted by molar-refractivity contribution is 7.88. The number of sulfonamides is 1. The quantitative estimate of drug-likeness (QED) is 0.726. The molecular formula is C15H29N3O3S. The summed E-state index contributed by atoms with van der Waals surface area (Å²) in [5, 5.41) is 2.98. The van der Waals surface area contributed by atoms with Crippen LogP contribution in [0.1, 0.15) is 38.5 Å². The third-order valence-corrected chi connectivity index (χ3v) is 5.89. The van der Waals surface area contributed by atoms with Gasteiger partial charge in [-0.15, -0.1) is 0 Å². The van der Waals surface area contributed by atoms with Crippen molar-refractivity contribution in [3.8, 4) is 0 Å². The highest BCUT2D eigenvalue weighted by atomic mass is 32.2. The van der Waals surface area contributed by atoms with E-state index in [-0.39, 0.29) is 11.8 Å². The minimum Gasteiger partial charge on any atom is -0.356 e. The molecule has 2 rings (SSSR count). The predicted molar refractivity (Wildman–Crippen MR) is 87.1 cm³/mol. The van der Waals surface area contributed by atoms with Gasteiger partial charge < -0.3 is 10.2 Å². The summed E-state index contributed by atoms with van der Waals surface area (Å²) in [5.74, 6) is -0.189. The summed E-state index contributed by atoms with van der Waals surface area (Å²) in [6, 6.07) is 0. The highest BCUT2D eigenvalue weighted by Gasteiger charge is 2.29. The van der Waals surface area contributed by atoms with E-state index in [0.717, 1.165) is 25.8 Å². The molecular weight excluding hydrogens is 302 g/mol. The van der Waals surface area contributed by atoms with Crippen LogP contribution in [0.15, 0.2) is 0 Å². The van der Waals surface area contributed by atoms with Crippen LogP contribution in [-0.2, 0) is 14.8 Å². The fraction of sp³-hybridized carbons (Fsp3) is 0.933. The average Bonchev–Trinajstić information content (AvgIpc) is 2.52. The van der Waals surface area contributed by atoms with Crippen LogP contribution in [0.25, 0.3) is 0 Å². The Morgan fingerprint density at radius 2 is 1.86 bits per heavy atom. The van der Waals surface area contributed by atoms with Gasteiger partial charge in [0.2, 0.25) is 15.9 Å². The number of likely N-dealkylation sites (tertiary alicyclic amines) is 1. The smallest absolute Gasteiger partial charge is 0.224 e. The molecule has 1 amide bonds. The molecule has 6 nitrogen and oxygen atoms in total. The Balaban J connectivity index is 1.66. The summed E-state index contributed by atoms with van der Waals surface area (Å²) in [5.41, 5.74) is 0. The van der Waals surface area contributed by atoms with Crippen LogP contribution in [0.3, 0.4) is 0 Å². The van der Waals surface area contributed by atoms with E-state index in [1.54, 1.807) is 0 Å². The van der Waals surface area contributed by atoms with E-state index in [1.165, 1.54) is 42.9 Å². The molecule has 0 spiro atoms. The molecule has 0 bridgehead atoms. The number of nitrogens with one attached hydrogen (secondary N) is 1. The van der Waals surface area contributed by atoms with Gasteiger partial charge in [-0.3, -0.25) is 4.79 Å². The Morgan fingerprint density at radius 3 is 2.55 bits per heavy atom. The van der Waals surface area contributed by atoms with Crippen molar-refractivity contribution in [2.75, 3.05) is 45.5 Å². The standard InChI is InChI=1S/C15H29N3O3S/c1-22(20,21)18-12-5-7-14(13-18)15(19)16-8-6-11-17-9-3-2-4-10-17/h14H,2-13H2,1H3,(H,16,19)/t14-/m1/s1. The van der Waals surface area contributed by atoms with Crippen molar-refractivity contribution in [2.24, 2.45) is 5.92 Å². The number of carbonyl (C=O) groups excluding carboxylic acids is 1. The zero-order chi connectivity index (χ0) is 16.0. The lowest BCUT2D eigenvalue weighted by Crippen LogP contribution is -2.45. The first kappa shape index (κ1) is 17.7.